The van der Waals surface area contributed by atoms with Gasteiger partial charge >= 0.3 is 0 Å². The summed E-state index contributed by atoms with van der Waals surface area (Å²) in [6.07, 6.45) is 3.97. The van der Waals surface area contributed by atoms with Crippen LogP contribution in [0.15, 0.2) is 29.2 Å². The molecule has 6 heteroatoms. The summed E-state index contributed by atoms with van der Waals surface area (Å²) in [4.78, 5) is 0.328. The Bertz CT molecular complexity index is 539. The van der Waals surface area contributed by atoms with Gasteiger partial charge in [-0.15, -0.1) is 0 Å². The third-order valence-corrected chi connectivity index (χ3v) is 5.35. The second kappa shape index (κ2) is 7.24. The minimum atomic E-state index is -3.35. The molecule has 0 bridgehead atoms. The zero-order chi connectivity index (χ0) is 15.3. The van der Waals surface area contributed by atoms with Crippen LogP contribution in [0.4, 0.5) is 5.69 Å². The van der Waals surface area contributed by atoms with Crippen LogP contribution in [0.25, 0.3) is 0 Å². The summed E-state index contributed by atoms with van der Waals surface area (Å²) >= 11 is 0. The number of anilines is 1. The maximum absolute atomic E-state index is 12.0. The first-order valence-electron chi connectivity index (χ1n) is 7.61. The minimum Gasteiger partial charge on any atom is -0.385 e. The maximum Gasteiger partial charge on any atom is 0.240 e. The molecule has 0 radical (unpaired) electrons. The largest absolute Gasteiger partial charge is 0.385 e. The average molecular weight is 311 g/mol. The van der Waals surface area contributed by atoms with Crippen LogP contribution in [0, 0.1) is 5.92 Å². The highest BCUT2D eigenvalue weighted by Crippen LogP contribution is 2.23. The van der Waals surface area contributed by atoms with Crippen molar-refractivity contribution < 1.29 is 8.42 Å². The summed E-state index contributed by atoms with van der Waals surface area (Å²) in [7, 11) is -3.35. The van der Waals surface area contributed by atoms with Crippen molar-refractivity contribution in [2.24, 2.45) is 11.7 Å². The van der Waals surface area contributed by atoms with E-state index in [0.29, 0.717) is 17.4 Å². The third kappa shape index (κ3) is 4.98. The van der Waals surface area contributed by atoms with Crippen LogP contribution in [-0.2, 0) is 10.0 Å². The van der Waals surface area contributed by atoms with Gasteiger partial charge < -0.3 is 11.1 Å². The molecule has 1 aromatic rings. The number of sulfonamides is 1. The number of nitrogens with one attached hydrogen (secondary N) is 2. The van der Waals surface area contributed by atoms with Crippen molar-refractivity contribution in [3.8, 4) is 0 Å². The number of benzene rings is 1. The maximum atomic E-state index is 12.0. The lowest BCUT2D eigenvalue weighted by atomic mass is 10.0. The molecule has 5 nitrogen and oxygen atoms in total. The van der Waals surface area contributed by atoms with Crippen LogP contribution < -0.4 is 15.8 Å². The lowest BCUT2D eigenvalue weighted by Crippen LogP contribution is -2.25. The highest BCUT2D eigenvalue weighted by molar-refractivity contribution is 7.89. The van der Waals surface area contributed by atoms with Crippen LogP contribution in [0.2, 0.25) is 0 Å². The van der Waals surface area contributed by atoms with Crippen LogP contribution >= 0.6 is 0 Å². The van der Waals surface area contributed by atoms with Crippen LogP contribution in [0.3, 0.4) is 0 Å². The minimum absolute atomic E-state index is 0.134. The molecule has 0 aliphatic heterocycles. The van der Waals surface area contributed by atoms with Crippen molar-refractivity contribution in [2.75, 3.05) is 18.4 Å². The Labute approximate surface area is 127 Å². The van der Waals surface area contributed by atoms with Crippen LogP contribution in [0.5, 0.6) is 0 Å². The van der Waals surface area contributed by atoms with E-state index in [9.17, 15) is 8.42 Å². The molecule has 0 aromatic heterocycles. The zero-order valence-corrected chi connectivity index (χ0v) is 13.3. The van der Waals surface area contributed by atoms with E-state index >= 15 is 0 Å². The molecule has 1 unspecified atom stereocenters. The van der Waals surface area contributed by atoms with Gasteiger partial charge in [0.2, 0.25) is 10.0 Å². The predicted molar refractivity (Wildman–Crippen MR) is 85.7 cm³/mol. The van der Waals surface area contributed by atoms with Crippen molar-refractivity contribution in [3.05, 3.63) is 24.3 Å². The normalized spacial score (nSPS) is 16.7. The van der Waals surface area contributed by atoms with Gasteiger partial charge in [0.25, 0.3) is 0 Å². The van der Waals surface area contributed by atoms with E-state index in [1.807, 2.05) is 12.1 Å². The van der Waals surface area contributed by atoms with Crippen molar-refractivity contribution in [1.82, 2.24) is 4.72 Å². The first kappa shape index (κ1) is 16.3. The van der Waals surface area contributed by atoms with Crippen molar-refractivity contribution in [2.45, 2.75) is 43.5 Å². The molecule has 1 atom stereocenters. The van der Waals surface area contributed by atoms with Gasteiger partial charge in [-0.3, -0.25) is 0 Å². The Morgan fingerprint density at radius 1 is 1.29 bits per heavy atom. The molecular formula is C15H25N3O2S. The summed E-state index contributed by atoms with van der Waals surface area (Å²) in [5, 5.41) is 3.34. The first-order chi connectivity index (χ1) is 10.0. The topological polar surface area (TPSA) is 84.2 Å². The monoisotopic (exact) mass is 311 g/mol. The summed E-state index contributed by atoms with van der Waals surface area (Å²) < 4.78 is 26.8. The van der Waals surface area contributed by atoms with Gasteiger partial charge in [0.05, 0.1) is 4.90 Å². The Kier molecular flexibility index (Phi) is 5.61. The summed E-state index contributed by atoms with van der Waals surface area (Å²) in [5.74, 6) is 0.551. The molecule has 0 amide bonds. The van der Waals surface area contributed by atoms with Gasteiger partial charge in [0.1, 0.15) is 0 Å². The molecule has 1 aliphatic carbocycles. The van der Waals surface area contributed by atoms with E-state index in [2.05, 4.69) is 17.0 Å². The Hall–Kier alpha value is -1.11. The Balaban J connectivity index is 1.92. The molecule has 0 spiro atoms. The lowest BCUT2D eigenvalue weighted by Gasteiger charge is -2.15. The second-order valence-electron chi connectivity index (χ2n) is 5.65. The summed E-state index contributed by atoms with van der Waals surface area (Å²) in [6.45, 7) is 3.71. The molecular weight excluding hydrogens is 286 g/mol. The molecule has 1 saturated carbocycles. The quantitative estimate of drug-likeness (QED) is 0.650. The molecule has 0 saturated heterocycles. The van der Waals surface area contributed by atoms with Gasteiger partial charge in [-0.25, -0.2) is 13.1 Å². The smallest absolute Gasteiger partial charge is 0.240 e. The first-order valence-corrected chi connectivity index (χ1v) is 9.09. The fourth-order valence-electron chi connectivity index (χ4n) is 2.19. The standard InChI is InChI=1S/C15H25N3O2S/c1-2-12(9-10-16)11-17-13-5-7-15(8-6-13)21(19,20)18-14-3-4-14/h5-8,12,14,17-18H,2-4,9-11,16H2,1H3. The van der Waals surface area contributed by atoms with Gasteiger partial charge in [0, 0.05) is 18.3 Å². The van der Waals surface area contributed by atoms with E-state index in [-0.39, 0.29) is 6.04 Å². The molecule has 0 heterocycles. The second-order valence-corrected chi connectivity index (χ2v) is 7.37. The summed E-state index contributed by atoms with van der Waals surface area (Å²) in [5.41, 5.74) is 6.53. The number of nitrogens with two attached hydrogens (primary N) is 1. The molecule has 1 fully saturated rings. The van der Waals surface area contributed by atoms with Gasteiger partial charge in [-0.05, 0) is 56.0 Å². The van der Waals surface area contributed by atoms with Gasteiger partial charge in [0.15, 0.2) is 0 Å². The van der Waals surface area contributed by atoms with E-state index in [4.69, 9.17) is 5.73 Å². The highest BCUT2D eigenvalue weighted by atomic mass is 32.2. The highest BCUT2D eigenvalue weighted by Gasteiger charge is 2.27. The fraction of sp³-hybridized carbons (Fsp3) is 0.600. The molecule has 21 heavy (non-hydrogen) atoms. The molecule has 118 valence electrons. The molecule has 2 rings (SSSR count). The number of hydrogen-bond acceptors (Lipinski definition) is 4. The van der Waals surface area contributed by atoms with Crippen molar-refractivity contribution in [1.29, 1.82) is 0 Å². The van der Waals surface area contributed by atoms with Crippen molar-refractivity contribution in [3.63, 3.8) is 0 Å². The van der Waals surface area contributed by atoms with E-state index in [1.165, 1.54) is 0 Å². The van der Waals surface area contributed by atoms with Crippen LogP contribution in [-0.4, -0.2) is 27.5 Å². The number of rotatable bonds is 9. The van der Waals surface area contributed by atoms with Crippen LogP contribution in [0.1, 0.15) is 32.6 Å². The zero-order valence-electron chi connectivity index (χ0n) is 12.5. The number of hydrogen-bond donors (Lipinski definition) is 3. The van der Waals surface area contributed by atoms with E-state index < -0.39 is 10.0 Å². The Morgan fingerprint density at radius 2 is 1.95 bits per heavy atom. The molecule has 1 aliphatic rings. The van der Waals surface area contributed by atoms with Gasteiger partial charge in [-0.2, -0.15) is 0 Å². The van der Waals surface area contributed by atoms with Gasteiger partial charge in [-0.1, -0.05) is 13.3 Å². The molecule has 4 N–H and O–H groups in total. The lowest BCUT2D eigenvalue weighted by molar-refractivity contribution is 0.501. The molecule has 1 aromatic carbocycles. The summed E-state index contributed by atoms with van der Waals surface area (Å²) in [6, 6.07) is 7.07. The average Bonchev–Trinajstić information content (AvgIpc) is 3.27. The van der Waals surface area contributed by atoms with E-state index in [1.54, 1.807) is 12.1 Å². The SMILES string of the molecule is CCC(CCN)CNc1ccc(S(=O)(=O)NC2CC2)cc1. The predicted octanol–water partition coefficient (Wildman–Crippen LogP) is 1.91. The third-order valence-electron chi connectivity index (χ3n) is 3.81. The van der Waals surface area contributed by atoms with E-state index in [0.717, 1.165) is 37.9 Å². The Morgan fingerprint density at radius 3 is 2.48 bits per heavy atom. The van der Waals surface area contributed by atoms with Crippen molar-refractivity contribution >= 4 is 15.7 Å². The fourth-order valence-corrected chi connectivity index (χ4v) is 3.49.